The standard InChI is InChI=1S/C12H22O7/c1-3-6(13)10(16)7(14)4-8-11(17)12(18)9(15)5(2)19-8/h5,7-12,14-18H,3-4H2,1-2H3/t5-,7+,8+,9+,10+,11?,12?/m0/s1. The van der Waals surface area contributed by atoms with Crippen molar-refractivity contribution < 1.29 is 35.1 Å². The van der Waals surface area contributed by atoms with E-state index in [1.807, 2.05) is 0 Å². The van der Waals surface area contributed by atoms with E-state index in [2.05, 4.69) is 0 Å². The van der Waals surface area contributed by atoms with Crippen molar-refractivity contribution in [1.82, 2.24) is 0 Å². The quantitative estimate of drug-likeness (QED) is 0.391. The lowest BCUT2D eigenvalue weighted by Gasteiger charge is -2.40. The summed E-state index contributed by atoms with van der Waals surface area (Å²) in [5.74, 6) is -0.508. The second kappa shape index (κ2) is 6.74. The predicted molar refractivity (Wildman–Crippen MR) is 64.3 cm³/mol. The van der Waals surface area contributed by atoms with Gasteiger partial charge in [0.15, 0.2) is 5.78 Å². The third-order valence-corrected chi connectivity index (χ3v) is 3.47. The molecule has 1 heterocycles. The number of carbonyl (C=O) groups is 1. The van der Waals surface area contributed by atoms with Gasteiger partial charge in [-0.2, -0.15) is 0 Å². The smallest absolute Gasteiger partial charge is 0.163 e. The van der Waals surface area contributed by atoms with E-state index in [0.29, 0.717) is 0 Å². The van der Waals surface area contributed by atoms with Crippen LogP contribution in [0.2, 0.25) is 0 Å². The second-order valence-electron chi connectivity index (χ2n) is 4.92. The number of aliphatic hydroxyl groups is 5. The number of hydrogen-bond acceptors (Lipinski definition) is 7. The molecule has 0 aromatic carbocycles. The Balaban J connectivity index is 2.63. The molecule has 1 fully saturated rings. The third kappa shape index (κ3) is 3.71. The van der Waals surface area contributed by atoms with Gasteiger partial charge in [0.25, 0.3) is 0 Å². The molecule has 2 unspecified atom stereocenters. The Morgan fingerprint density at radius 3 is 2.26 bits per heavy atom. The SMILES string of the molecule is CCC(=O)[C@@H](O)[C@H](O)C[C@H]1O[C@@H](C)[C@@H](O)C(O)C1O. The maximum absolute atomic E-state index is 11.3. The highest BCUT2D eigenvalue weighted by atomic mass is 16.5. The number of ketones is 1. The van der Waals surface area contributed by atoms with Crippen LogP contribution in [0.1, 0.15) is 26.7 Å². The third-order valence-electron chi connectivity index (χ3n) is 3.47. The lowest BCUT2D eigenvalue weighted by atomic mass is 9.91. The van der Waals surface area contributed by atoms with Crippen LogP contribution in [-0.4, -0.2) is 74.0 Å². The van der Waals surface area contributed by atoms with E-state index in [1.165, 1.54) is 6.92 Å². The minimum atomic E-state index is -1.54. The first kappa shape index (κ1) is 16.5. The van der Waals surface area contributed by atoms with Crippen molar-refractivity contribution in [3.63, 3.8) is 0 Å². The van der Waals surface area contributed by atoms with E-state index >= 15 is 0 Å². The lowest BCUT2D eigenvalue weighted by Crippen LogP contribution is -2.57. The normalized spacial score (nSPS) is 38.8. The highest BCUT2D eigenvalue weighted by Gasteiger charge is 2.43. The molecule has 1 aliphatic rings. The highest BCUT2D eigenvalue weighted by molar-refractivity contribution is 5.83. The summed E-state index contributed by atoms with van der Waals surface area (Å²) in [6.07, 6.45) is -8.71. The monoisotopic (exact) mass is 278 g/mol. The average Bonchev–Trinajstić information content (AvgIpc) is 2.40. The van der Waals surface area contributed by atoms with Gasteiger partial charge < -0.3 is 30.3 Å². The molecule has 0 amide bonds. The van der Waals surface area contributed by atoms with E-state index in [9.17, 15) is 30.3 Å². The first-order valence-electron chi connectivity index (χ1n) is 6.38. The molecular formula is C12H22O7. The molecule has 1 saturated heterocycles. The maximum atomic E-state index is 11.3. The molecule has 1 rings (SSSR count). The van der Waals surface area contributed by atoms with Gasteiger partial charge in [-0.1, -0.05) is 6.92 Å². The minimum Gasteiger partial charge on any atom is -0.390 e. The maximum Gasteiger partial charge on any atom is 0.163 e. The van der Waals surface area contributed by atoms with Crippen LogP contribution >= 0.6 is 0 Å². The number of carbonyl (C=O) groups excluding carboxylic acids is 1. The van der Waals surface area contributed by atoms with Gasteiger partial charge in [-0.25, -0.2) is 0 Å². The molecule has 0 radical (unpaired) electrons. The molecule has 7 heteroatoms. The zero-order valence-corrected chi connectivity index (χ0v) is 11.0. The summed E-state index contributed by atoms with van der Waals surface area (Å²) in [6, 6.07) is 0. The molecule has 0 bridgehead atoms. The van der Waals surface area contributed by atoms with Crippen LogP contribution in [0.3, 0.4) is 0 Å². The van der Waals surface area contributed by atoms with E-state index in [-0.39, 0.29) is 12.8 Å². The highest BCUT2D eigenvalue weighted by Crippen LogP contribution is 2.24. The van der Waals surface area contributed by atoms with E-state index < -0.39 is 48.5 Å². The van der Waals surface area contributed by atoms with Gasteiger partial charge in [-0.15, -0.1) is 0 Å². The zero-order chi connectivity index (χ0) is 14.7. The summed E-state index contributed by atoms with van der Waals surface area (Å²) >= 11 is 0. The van der Waals surface area contributed by atoms with E-state index in [1.54, 1.807) is 6.92 Å². The summed E-state index contributed by atoms with van der Waals surface area (Å²) in [7, 11) is 0. The van der Waals surface area contributed by atoms with E-state index in [4.69, 9.17) is 4.74 Å². The van der Waals surface area contributed by atoms with Crippen LogP contribution < -0.4 is 0 Å². The summed E-state index contributed by atoms with van der Waals surface area (Å²) < 4.78 is 5.27. The van der Waals surface area contributed by atoms with Crippen LogP contribution in [0.15, 0.2) is 0 Å². The van der Waals surface area contributed by atoms with Crippen molar-refractivity contribution in [2.24, 2.45) is 0 Å². The van der Waals surface area contributed by atoms with Gasteiger partial charge >= 0.3 is 0 Å². The van der Waals surface area contributed by atoms with Crippen LogP contribution in [0.5, 0.6) is 0 Å². The molecule has 0 aromatic heterocycles. The largest absolute Gasteiger partial charge is 0.390 e. The van der Waals surface area contributed by atoms with Crippen molar-refractivity contribution in [3.8, 4) is 0 Å². The first-order valence-corrected chi connectivity index (χ1v) is 6.38. The molecule has 0 aliphatic carbocycles. The summed E-state index contributed by atoms with van der Waals surface area (Å²) in [5.41, 5.74) is 0. The fraction of sp³-hybridized carbons (Fsp3) is 0.917. The van der Waals surface area contributed by atoms with Gasteiger partial charge in [-0.3, -0.25) is 4.79 Å². The van der Waals surface area contributed by atoms with Crippen LogP contribution in [0.25, 0.3) is 0 Å². The average molecular weight is 278 g/mol. The number of ether oxygens (including phenoxy) is 1. The summed E-state index contributed by atoms with van der Waals surface area (Å²) in [5, 5.41) is 48.1. The van der Waals surface area contributed by atoms with Crippen molar-refractivity contribution in [3.05, 3.63) is 0 Å². The molecular weight excluding hydrogens is 256 g/mol. The molecule has 5 N–H and O–H groups in total. The molecule has 0 saturated carbocycles. The molecule has 112 valence electrons. The number of Topliss-reactive ketones (excluding diaryl/α,β-unsaturated/α-hetero) is 1. The Labute approximate surface area is 111 Å². The van der Waals surface area contributed by atoms with Crippen molar-refractivity contribution in [1.29, 1.82) is 0 Å². The lowest BCUT2D eigenvalue weighted by molar-refractivity contribution is -0.224. The Hall–Kier alpha value is -0.570. The Morgan fingerprint density at radius 2 is 1.74 bits per heavy atom. The Morgan fingerprint density at radius 1 is 1.16 bits per heavy atom. The number of aliphatic hydroxyl groups excluding tert-OH is 5. The Bertz CT molecular complexity index is 308. The van der Waals surface area contributed by atoms with Gasteiger partial charge in [-0.05, 0) is 6.92 Å². The van der Waals surface area contributed by atoms with Crippen LogP contribution in [0, 0.1) is 0 Å². The molecule has 19 heavy (non-hydrogen) atoms. The summed E-state index contributed by atoms with van der Waals surface area (Å²) in [6.45, 7) is 3.08. The van der Waals surface area contributed by atoms with Crippen LogP contribution in [0.4, 0.5) is 0 Å². The molecule has 0 aromatic rings. The minimum absolute atomic E-state index is 0.0873. The van der Waals surface area contributed by atoms with Crippen LogP contribution in [-0.2, 0) is 9.53 Å². The molecule has 1 aliphatic heterocycles. The number of hydrogen-bond donors (Lipinski definition) is 5. The predicted octanol–water partition coefficient (Wildman–Crippen LogP) is -2.05. The second-order valence-corrected chi connectivity index (χ2v) is 4.92. The fourth-order valence-corrected chi connectivity index (χ4v) is 2.12. The van der Waals surface area contributed by atoms with Crippen molar-refractivity contribution >= 4 is 5.78 Å². The molecule has 7 atom stereocenters. The first-order chi connectivity index (χ1) is 8.79. The Kier molecular flexibility index (Phi) is 5.84. The van der Waals surface area contributed by atoms with Gasteiger partial charge in [0.05, 0.1) is 18.3 Å². The molecule has 7 nitrogen and oxygen atoms in total. The van der Waals surface area contributed by atoms with Gasteiger partial charge in [0, 0.05) is 12.8 Å². The topological polar surface area (TPSA) is 127 Å². The zero-order valence-electron chi connectivity index (χ0n) is 11.0. The van der Waals surface area contributed by atoms with Crippen molar-refractivity contribution in [2.75, 3.05) is 0 Å². The summed E-state index contributed by atoms with van der Waals surface area (Å²) in [4.78, 5) is 11.3. The van der Waals surface area contributed by atoms with Crippen molar-refractivity contribution in [2.45, 2.75) is 69.4 Å². The van der Waals surface area contributed by atoms with E-state index in [0.717, 1.165) is 0 Å². The van der Waals surface area contributed by atoms with Gasteiger partial charge in [0.1, 0.15) is 24.4 Å². The molecule has 0 spiro atoms. The fourth-order valence-electron chi connectivity index (χ4n) is 2.12. The number of rotatable bonds is 5. The van der Waals surface area contributed by atoms with Gasteiger partial charge in [0.2, 0.25) is 0 Å².